The van der Waals surface area contributed by atoms with E-state index >= 15 is 0 Å². The highest BCUT2D eigenvalue weighted by Crippen LogP contribution is 2.30. The van der Waals surface area contributed by atoms with Crippen molar-refractivity contribution >= 4 is 34.8 Å². The molecule has 0 aliphatic rings. The molecule has 10 heteroatoms. The molecule has 200 valence electrons. The number of aromatic nitrogens is 4. The van der Waals surface area contributed by atoms with Gasteiger partial charge in [-0.15, -0.1) is 0 Å². The van der Waals surface area contributed by atoms with Crippen molar-refractivity contribution in [1.29, 1.82) is 0 Å². The predicted molar refractivity (Wildman–Crippen MR) is 156 cm³/mol. The maximum absolute atomic E-state index is 12.5. The van der Waals surface area contributed by atoms with E-state index in [2.05, 4.69) is 36.1 Å². The van der Waals surface area contributed by atoms with Gasteiger partial charge in [0.1, 0.15) is 0 Å². The van der Waals surface area contributed by atoms with Crippen LogP contribution in [0.2, 0.25) is 0 Å². The summed E-state index contributed by atoms with van der Waals surface area (Å²) in [5.41, 5.74) is 5.85. The van der Waals surface area contributed by atoms with Gasteiger partial charge in [-0.2, -0.15) is 5.10 Å². The van der Waals surface area contributed by atoms with Crippen LogP contribution in [0, 0.1) is 0 Å². The molecule has 0 radical (unpaired) electrons. The van der Waals surface area contributed by atoms with Gasteiger partial charge in [0.15, 0.2) is 0 Å². The summed E-state index contributed by atoms with van der Waals surface area (Å²) >= 11 is 0. The minimum absolute atomic E-state index is 0.0977. The van der Waals surface area contributed by atoms with E-state index in [1.54, 1.807) is 29.4 Å². The van der Waals surface area contributed by atoms with Gasteiger partial charge < -0.3 is 20.9 Å². The van der Waals surface area contributed by atoms with Crippen molar-refractivity contribution in [2.45, 2.75) is 0 Å². The topological polar surface area (TPSA) is 128 Å². The largest absolute Gasteiger partial charge is 0.325 e. The van der Waals surface area contributed by atoms with E-state index < -0.39 is 0 Å². The Morgan fingerprint density at radius 1 is 0.850 bits per heavy atom. The monoisotopic (exact) mass is 532 g/mol. The summed E-state index contributed by atoms with van der Waals surface area (Å²) in [6, 6.07) is 25.8. The van der Waals surface area contributed by atoms with Gasteiger partial charge in [-0.1, -0.05) is 36.4 Å². The van der Waals surface area contributed by atoms with Gasteiger partial charge in [0.25, 0.3) is 5.91 Å². The number of nitrogens with zero attached hydrogens (tertiary/aromatic N) is 4. The predicted octanol–water partition coefficient (Wildman–Crippen LogP) is 5.03. The lowest BCUT2D eigenvalue weighted by Crippen LogP contribution is -2.27. The number of carbonyl (C=O) groups excluding carboxylic acids is 2. The molecule has 0 aliphatic heterocycles. The molecule has 4 N–H and O–H groups in total. The number of likely N-dealkylation sites (N-methyl/N-ethyl adjacent to an activating group) is 1. The first kappa shape index (κ1) is 26.3. The number of benzene rings is 3. The van der Waals surface area contributed by atoms with Crippen LogP contribution in [0.5, 0.6) is 0 Å². The summed E-state index contributed by atoms with van der Waals surface area (Å²) in [7, 11) is 3.68. The number of H-pyrrole nitrogens is 1. The molecule has 5 aromatic rings. The second-order valence-corrected chi connectivity index (χ2v) is 9.31. The molecule has 0 fully saturated rings. The number of hydrogen-bond donors (Lipinski definition) is 4. The third-order valence-corrected chi connectivity index (χ3v) is 5.90. The smallest absolute Gasteiger partial charge is 0.255 e. The zero-order valence-corrected chi connectivity index (χ0v) is 22.1. The summed E-state index contributed by atoms with van der Waals surface area (Å²) in [4.78, 5) is 35.4. The number of anilines is 4. The van der Waals surface area contributed by atoms with Crippen LogP contribution in [0.1, 0.15) is 10.4 Å². The molecule has 0 aliphatic carbocycles. The van der Waals surface area contributed by atoms with Crippen LogP contribution in [0.15, 0.2) is 97.3 Å². The van der Waals surface area contributed by atoms with Crippen molar-refractivity contribution in [3.05, 3.63) is 103 Å². The molecule has 0 saturated heterocycles. The van der Waals surface area contributed by atoms with Crippen LogP contribution in [0.3, 0.4) is 0 Å². The Bertz CT molecular complexity index is 1610. The molecule has 0 atom stereocenters. The summed E-state index contributed by atoms with van der Waals surface area (Å²) in [5.74, 6) is 0.137. The van der Waals surface area contributed by atoms with Crippen LogP contribution >= 0.6 is 0 Å². The number of amides is 2. The Kier molecular flexibility index (Phi) is 7.89. The normalized spacial score (nSPS) is 10.8. The second kappa shape index (κ2) is 12.0. The zero-order valence-electron chi connectivity index (χ0n) is 22.1. The van der Waals surface area contributed by atoms with Gasteiger partial charge in [0, 0.05) is 39.9 Å². The molecule has 40 heavy (non-hydrogen) atoms. The third-order valence-electron chi connectivity index (χ3n) is 5.90. The van der Waals surface area contributed by atoms with Gasteiger partial charge >= 0.3 is 0 Å². The molecule has 2 aromatic heterocycles. The fourth-order valence-corrected chi connectivity index (χ4v) is 4.07. The lowest BCUT2D eigenvalue weighted by molar-refractivity contribution is -0.116. The SMILES string of the molecule is CN(C)CC(=O)Nc1cccc(Nc2nccc(-c3cn[nH]c3-c3ccc(NC(=O)c4ccccc4)cc3)n2)c1. The molecule has 0 saturated carbocycles. The van der Waals surface area contributed by atoms with Crippen LogP contribution in [-0.2, 0) is 4.79 Å². The van der Waals surface area contributed by atoms with E-state index in [0.29, 0.717) is 35.1 Å². The Hall–Kier alpha value is -5.35. The van der Waals surface area contributed by atoms with Gasteiger partial charge in [-0.3, -0.25) is 14.7 Å². The van der Waals surface area contributed by atoms with Crippen molar-refractivity contribution < 1.29 is 9.59 Å². The molecular weight excluding hydrogens is 504 g/mol. The Labute approximate surface area is 231 Å². The quantitative estimate of drug-likeness (QED) is 0.210. The maximum atomic E-state index is 12.5. The highest BCUT2D eigenvalue weighted by atomic mass is 16.2. The number of nitrogens with one attached hydrogen (secondary N) is 4. The molecular formula is C30H28N8O2. The summed E-state index contributed by atoms with van der Waals surface area (Å²) in [5, 5.41) is 16.3. The molecule has 5 rings (SSSR count). The molecule has 0 bridgehead atoms. The van der Waals surface area contributed by atoms with Crippen LogP contribution < -0.4 is 16.0 Å². The van der Waals surface area contributed by atoms with Gasteiger partial charge in [-0.25, -0.2) is 9.97 Å². The minimum atomic E-state index is -0.168. The van der Waals surface area contributed by atoms with E-state index in [1.807, 2.05) is 86.9 Å². The molecule has 2 heterocycles. The van der Waals surface area contributed by atoms with Crippen molar-refractivity contribution in [2.75, 3.05) is 36.6 Å². The second-order valence-electron chi connectivity index (χ2n) is 9.31. The number of aromatic amines is 1. The lowest BCUT2D eigenvalue weighted by atomic mass is 10.1. The first-order chi connectivity index (χ1) is 19.4. The summed E-state index contributed by atoms with van der Waals surface area (Å²) in [6.45, 7) is 0.293. The van der Waals surface area contributed by atoms with Gasteiger partial charge in [0.05, 0.1) is 24.1 Å². The number of rotatable bonds is 9. The fourth-order valence-electron chi connectivity index (χ4n) is 4.07. The fraction of sp³-hybridized carbons (Fsp3) is 0.100. The highest BCUT2D eigenvalue weighted by Gasteiger charge is 2.13. The molecule has 0 unspecified atom stereocenters. The summed E-state index contributed by atoms with van der Waals surface area (Å²) < 4.78 is 0. The standard InChI is InChI=1S/C30H28N8O2/c1-38(2)19-27(39)33-23-9-6-10-24(17-23)35-30-31-16-15-26(36-30)25-18-32-37-28(25)20-11-13-22(14-12-20)34-29(40)21-7-4-3-5-8-21/h3-18H,19H2,1-2H3,(H,32,37)(H,33,39)(H,34,40)(H,31,35,36). The van der Waals surface area contributed by atoms with E-state index in [-0.39, 0.29) is 11.8 Å². The van der Waals surface area contributed by atoms with Gasteiger partial charge in [0.2, 0.25) is 11.9 Å². The zero-order chi connectivity index (χ0) is 27.9. The minimum Gasteiger partial charge on any atom is -0.325 e. The first-order valence-corrected chi connectivity index (χ1v) is 12.6. The maximum Gasteiger partial charge on any atom is 0.255 e. The third kappa shape index (κ3) is 6.55. The van der Waals surface area contributed by atoms with E-state index in [1.165, 1.54) is 0 Å². The van der Waals surface area contributed by atoms with E-state index in [4.69, 9.17) is 0 Å². The van der Waals surface area contributed by atoms with Crippen LogP contribution in [0.25, 0.3) is 22.5 Å². The first-order valence-electron chi connectivity index (χ1n) is 12.6. The molecule has 3 aromatic carbocycles. The Morgan fingerprint density at radius 3 is 2.40 bits per heavy atom. The Morgan fingerprint density at radius 2 is 1.62 bits per heavy atom. The Balaban J connectivity index is 1.30. The number of carbonyl (C=O) groups is 2. The van der Waals surface area contributed by atoms with Crippen LogP contribution in [-0.4, -0.2) is 57.5 Å². The van der Waals surface area contributed by atoms with Crippen molar-refractivity contribution in [3.8, 4) is 22.5 Å². The highest BCUT2D eigenvalue weighted by molar-refractivity contribution is 6.04. The molecule has 10 nitrogen and oxygen atoms in total. The van der Waals surface area contributed by atoms with Crippen LogP contribution in [0.4, 0.5) is 23.0 Å². The average molecular weight is 533 g/mol. The molecule has 0 spiro atoms. The lowest BCUT2D eigenvalue weighted by Gasteiger charge is -2.12. The van der Waals surface area contributed by atoms with Crippen molar-refractivity contribution in [3.63, 3.8) is 0 Å². The van der Waals surface area contributed by atoms with E-state index in [9.17, 15) is 9.59 Å². The summed E-state index contributed by atoms with van der Waals surface area (Å²) in [6.07, 6.45) is 3.39. The van der Waals surface area contributed by atoms with Crippen molar-refractivity contribution in [2.24, 2.45) is 0 Å². The molecule has 2 amide bonds. The number of hydrogen-bond acceptors (Lipinski definition) is 7. The average Bonchev–Trinajstić information content (AvgIpc) is 3.44. The van der Waals surface area contributed by atoms with Gasteiger partial charge in [-0.05, 0) is 62.6 Å². The van der Waals surface area contributed by atoms with Crippen molar-refractivity contribution in [1.82, 2.24) is 25.1 Å². The van der Waals surface area contributed by atoms with E-state index in [0.717, 1.165) is 22.5 Å².